The summed E-state index contributed by atoms with van der Waals surface area (Å²) in [5.74, 6) is -0.222. The Labute approximate surface area is 70.9 Å². The summed E-state index contributed by atoms with van der Waals surface area (Å²) >= 11 is 0. The van der Waals surface area contributed by atoms with E-state index in [0.29, 0.717) is 0 Å². The molecule has 6 heteroatoms. The molecule has 2 rings (SSSR count). The Morgan fingerprint density at radius 2 is 2.00 bits per heavy atom. The highest BCUT2D eigenvalue weighted by molar-refractivity contribution is 5.81. The maximum atomic E-state index is 11.1. The van der Waals surface area contributed by atoms with Crippen molar-refractivity contribution in [3.8, 4) is 5.75 Å². The summed E-state index contributed by atoms with van der Waals surface area (Å²) in [4.78, 5) is 29.9. The predicted octanol–water partition coefficient (Wildman–Crippen LogP) is -0.683. The second-order valence-electron chi connectivity index (χ2n) is 2.49. The van der Waals surface area contributed by atoms with Gasteiger partial charge >= 0.3 is 5.69 Å². The van der Waals surface area contributed by atoms with E-state index in [4.69, 9.17) is 0 Å². The van der Waals surface area contributed by atoms with Crippen LogP contribution in [0.25, 0.3) is 10.9 Å². The van der Waals surface area contributed by atoms with E-state index < -0.39 is 11.2 Å². The fraction of sp³-hybridized carbons (Fsp3) is 0. The summed E-state index contributed by atoms with van der Waals surface area (Å²) in [5, 5.41) is 9.39. The first-order chi connectivity index (χ1) is 6.18. The molecule has 0 atom stereocenters. The SMILES string of the molecule is O=c1[nH]c(=O)c2cncc(O)c2[nH]1. The second kappa shape index (κ2) is 2.44. The number of H-pyrrole nitrogens is 2. The van der Waals surface area contributed by atoms with Crippen LogP contribution in [0.3, 0.4) is 0 Å². The molecule has 6 nitrogen and oxygen atoms in total. The van der Waals surface area contributed by atoms with E-state index in [-0.39, 0.29) is 16.7 Å². The molecule has 0 bridgehead atoms. The zero-order valence-electron chi connectivity index (χ0n) is 6.37. The van der Waals surface area contributed by atoms with Crippen LogP contribution in [0.15, 0.2) is 22.0 Å². The van der Waals surface area contributed by atoms with E-state index in [9.17, 15) is 14.7 Å². The number of hydrogen-bond acceptors (Lipinski definition) is 4. The van der Waals surface area contributed by atoms with Crippen LogP contribution >= 0.6 is 0 Å². The molecule has 0 fully saturated rings. The number of aromatic hydroxyl groups is 1. The summed E-state index contributed by atoms with van der Waals surface area (Å²) < 4.78 is 0. The van der Waals surface area contributed by atoms with Crippen molar-refractivity contribution in [2.75, 3.05) is 0 Å². The van der Waals surface area contributed by atoms with E-state index in [0.717, 1.165) is 6.20 Å². The largest absolute Gasteiger partial charge is 0.504 e. The minimum atomic E-state index is -0.654. The normalized spacial score (nSPS) is 10.5. The standard InChI is InChI=1S/C7H5N3O3/c11-4-2-8-1-3-5(4)9-7(13)10-6(3)12/h1-2,11H,(H2,9,10,12,13). The first-order valence-electron chi connectivity index (χ1n) is 3.48. The lowest BCUT2D eigenvalue weighted by Crippen LogP contribution is -2.21. The lowest BCUT2D eigenvalue weighted by molar-refractivity contribution is 0.477. The lowest BCUT2D eigenvalue weighted by Gasteiger charge is -1.96. The highest BCUT2D eigenvalue weighted by atomic mass is 16.3. The Morgan fingerprint density at radius 3 is 2.77 bits per heavy atom. The lowest BCUT2D eigenvalue weighted by atomic mass is 10.3. The first-order valence-corrected chi connectivity index (χ1v) is 3.48. The number of aromatic amines is 2. The first kappa shape index (κ1) is 7.53. The van der Waals surface area contributed by atoms with Crippen LogP contribution in [0.4, 0.5) is 0 Å². The van der Waals surface area contributed by atoms with Crippen molar-refractivity contribution in [2.45, 2.75) is 0 Å². The highest BCUT2D eigenvalue weighted by Gasteiger charge is 2.03. The molecule has 0 unspecified atom stereocenters. The Hall–Kier alpha value is -2.11. The molecule has 0 saturated heterocycles. The molecule has 0 aliphatic carbocycles. The summed E-state index contributed by atoms with van der Waals surface area (Å²) in [6.45, 7) is 0. The summed E-state index contributed by atoms with van der Waals surface area (Å²) in [5.41, 5.74) is -1.12. The van der Waals surface area contributed by atoms with Crippen molar-refractivity contribution < 1.29 is 5.11 Å². The van der Waals surface area contributed by atoms with Crippen molar-refractivity contribution in [1.82, 2.24) is 15.0 Å². The number of hydrogen-bond donors (Lipinski definition) is 3. The van der Waals surface area contributed by atoms with Gasteiger partial charge in [0.1, 0.15) is 5.52 Å². The van der Waals surface area contributed by atoms with Crippen LogP contribution in [0.5, 0.6) is 5.75 Å². The van der Waals surface area contributed by atoms with Crippen LogP contribution in [-0.2, 0) is 0 Å². The Balaban J connectivity index is 3.12. The maximum Gasteiger partial charge on any atom is 0.326 e. The second-order valence-corrected chi connectivity index (χ2v) is 2.49. The molecule has 2 aromatic rings. The van der Waals surface area contributed by atoms with Crippen molar-refractivity contribution in [3.05, 3.63) is 33.2 Å². The zero-order chi connectivity index (χ0) is 9.42. The van der Waals surface area contributed by atoms with Crippen LogP contribution in [0, 0.1) is 0 Å². The van der Waals surface area contributed by atoms with Gasteiger partial charge in [-0.1, -0.05) is 0 Å². The molecule has 0 radical (unpaired) electrons. The molecule has 2 aromatic heterocycles. The molecule has 0 spiro atoms. The smallest absolute Gasteiger partial charge is 0.326 e. The van der Waals surface area contributed by atoms with Crippen LogP contribution in [-0.4, -0.2) is 20.1 Å². The number of nitrogens with one attached hydrogen (secondary N) is 2. The maximum absolute atomic E-state index is 11.1. The fourth-order valence-corrected chi connectivity index (χ4v) is 1.07. The van der Waals surface area contributed by atoms with Crippen molar-refractivity contribution in [2.24, 2.45) is 0 Å². The Kier molecular flexibility index (Phi) is 1.42. The molecule has 66 valence electrons. The van der Waals surface area contributed by atoms with Gasteiger partial charge < -0.3 is 10.1 Å². The third kappa shape index (κ3) is 1.08. The number of fused-ring (bicyclic) bond motifs is 1. The molecule has 0 saturated carbocycles. The monoisotopic (exact) mass is 179 g/mol. The average Bonchev–Trinajstić information content (AvgIpc) is 2.07. The van der Waals surface area contributed by atoms with Crippen molar-refractivity contribution >= 4 is 10.9 Å². The minimum absolute atomic E-state index is 0.101. The average molecular weight is 179 g/mol. The number of rotatable bonds is 0. The summed E-state index contributed by atoms with van der Waals surface area (Å²) in [6, 6.07) is 0. The van der Waals surface area contributed by atoms with E-state index in [1.54, 1.807) is 0 Å². The third-order valence-electron chi connectivity index (χ3n) is 1.64. The van der Waals surface area contributed by atoms with Crippen molar-refractivity contribution in [3.63, 3.8) is 0 Å². The molecule has 3 N–H and O–H groups in total. The number of aromatic nitrogens is 3. The van der Waals surface area contributed by atoms with Gasteiger partial charge in [-0.15, -0.1) is 0 Å². The topological polar surface area (TPSA) is 98.8 Å². The predicted molar refractivity (Wildman–Crippen MR) is 44.6 cm³/mol. The van der Waals surface area contributed by atoms with Gasteiger partial charge in [0.2, 0.25) is 0 Å². The third-order valence-corrected chi connectivity index (χ3v) is 1.64. The summed E-state index contributed by atoms with van der Waals surface area (Å²) in [6.07, 6.45) is 2.42. The Morgan fingerprint density at radius 1 is 1.23 bits per heavy atom. The van der Waals surface area contributed by atoms with Gasteiger partial charge in [0, 0.05) is 6.20 Å². The van der Waals surface area contributed by atoms with Gasteiger partial charge in [0.25, 0.3) is 5.56 Å². The van der Waals surface area contributed by atoms with Crippen LogP contribution in [0.2, 0.25) is 0 Å². The fourth-order valence-electron chi connectivity index (χ4n) is 1.07. The van der Waals surface area contributed by atoms with E-state index >= 15 is 0 Å². The van der Waals surface area contributed by atoms with Gasteiger partial charge in [-0.05, 0) is 0 Å². The molecular weight excluding hydrogens is 174 g/mol. The molecule has 0 aliphatic rings. The Bertz CT molecular complexity index is 569. The number of nitrogens with zero attached hydrogens (tertiary/aromatic N) is 1. The summed E-state index contributed by atoms with van der Waals surface area (Å²) in [7, 11) is 0. The van der Waals surface area contributed by atoms with Crippen molar-refractivity contribution in [1.29, 1.82) is 0 Å². The molecule has 13 heavy (non-hydrogen) atoms. The molecular formula is C7H5N3O3. The number of pyridine rings is 1. The molecule has 0 aromatic carbocycles. The van der Waals surface area contributed by atoms with Gasteiger partial charge in [-0.3, -0.25) is 14.8 Å². The highest BCUT2D eigenvalue weighted by Crippen LogP contribution is 2.14. The molecule has 0 amide bonds. The van der Waals surface area contributed by atoms with Gasteiger partial charge in [-0.25, -0.2) is 4.79 Å². The molecule has 0 aliphatic heterocycles. The minimum Gasteiger partial charge on any atom is -0.504 e. The van der Waals surface area contributed by atoms with Gasteiger partial charge in [0.05, 0.1) is 11.6 Å². The van der Waals surface area contributed by atoms with Gasteiger partial charge in [0.15, 0.2) is 5.75 Å². The van der Waals surface area contributed by atoms with E-state index in [1.807, 2.05) is 4.98 Å². The quantitative estimate of drug-likeness (QED) is 0.498. The molecule has 2 heterocycles. The van der Waals surface area contributed by atoms with E-state index in [2.05, 4.69) is 9.97 Å². The van der Waals surface area contributed by atoms with Crippen LogP contribution in [0.1, 0.15) is 0 Å². The van der Waals surface area contributed by atoms with Crippen LogP contribution < -0.4 is 11.2 Å². The van der Waals surface area contributed by atoms with E-state index in [1.165, 1.54) is 6.20 Å². The van der Waals surface area contributed by atoms with Gasteiger partial charge in [-0.2, -0.15) is 0 Å². The zero-order valence-corrected chi connectivity index (χ0v) is 6.37.